The van der Waals surface area contributed by atoms with Gasteiger partial charge in [0.2, 0.25) is 0 Å². The van der Waals surface area contributed by atoms with Gasteiger partial charge >= 0.3 is 0 Å². The highest BCUT2D eigenvalue weighted by Gasteiger charge is 2.15. The maximum atomic E-state index is 3.63. The lowest BCUT2D eigenvalue weighted by Crippen LogP contribution is -2.24. The molecule has 1 aromatic carbocycles. The number of thiophene rings is 1. The average Bonchev–Trinajstić information content (AvgIpc) is 2.74. The van der Waals surface area contributed by atoms with E-state index in [0.29, 0.717) is 11.8 Å². The first-order valence-corrected chi connectivity index (χ1v) is 8.21. The van der Waals surface area contributed by atoms with E-state index >= 15 is 0 Å². The van der Waals surface area contributed by atoms with E-state index in [4.69, 9.17) is 0 Å². The van der Waals surface area contributed by atoms with Crippen molar-refractivity contribution in [2.45, 2.75) is 40.2 Å². The van der Waals surface area contributed by atoms with Crippen LogP contribution in [0.25, 0.3) is 0 Å². The number of aryl methyl sites for hydroxylation is 2. The average molecular weight is 287 g/mol. The zero-order chi connectivity index (χ0) is 14.5. The van der Waals surface area contributed by atoms with Crippen molar-refractivity contribution in [1.29, 1.82) is 0 Å². The zero-order valence-corrected chi connectivity index (χ0v) is 13.8. The standard InChI is InChI=1S/C18H25NS/c1-13(2)18(16-8-6-5-7-9-16)12-19-11-17-10-14(3)15(4)20-17/h5-10,13,18-19H,11-12H2,1-4H3. The van der Waals surface area contributed by atoms with E-state index in [1.54, 1.807) is 0 Å². The van der Waals surface area contributed by atoms with Crippen molar-refractivity contribution < 1.29 is 0 Å². The third-order valence-corrected chi connectivity index (χ3v) is 5.07. The molecule has 1 nitrogen and oxygen atoms in total. The van der Waals surface area contributed by atoms with Crippen LogP contribution < -0.4 is 5.32 Å². The number of benzene rings is 1. The van der Waals surface area contributed by atoms with Crippen LogP contribution in [0, 0.1) is 19.8 Å². The van der Waals surface area contributed by atoms with Gasteiger partial charge in [-0.2, -0.15) is 0 Å². The number of hydrogen-bond acceptors (Lipinski definition) is 2. The molecule has 2 aromatic rings. The number of nitrogens with one attached hydrogen (secondary N) is 1. The fourth-order valence-electron chi connectivity index (χ4n) is 2.53. The number of hydrogen-bond donors (Lipinski definition) is 1. The topological polar surface area (TPSA) is 12.0 Å². The summed E-state index contributed by atoms with van der Waals surface area (Å²) in [5.41, 5.74) is 2.85. The summed E-state index contributed by atoms with van der Waals surface area (Å²) in [4.78, 5) is 2.88. The van der Waals surface area contributed by atoms with Gasteiger partial charge in [0.25, 0.3) is 0 Å². The van der Waals surface area contributed by atoms with E-state index in [1.807, 2.05) is 11.3 Å². The van der Waals surface area contributed by atoms with E-state index in [9.17, 15) is 0 Å². The molecule has 0 spiro atoms. The molecule has 20 heavy (non-hydrogen) atoms. The van der Waals surface area contributed by atoms with Crippen molar-refractivity contribution in [2.75, 3.05) is 6.54 Å². The van der Waals surface area contributed by atoms with Crippen LogP contribution in [0.5, 0.6) is 0 Å². The highest BCUT2D eigenvalue weighted by atomic mass is 32.1. The van der Waals surface area contributed by atoms with Crippen LogP contribution in [0.4, 0.5) is 0 Å². The van der Waals surface area contributed by atoms with E-state index in [2.05, 4.69) is 69.4 Å². The van der Waals surface area contributed by atoms with E-state index < -0.39 is 0 Å². The van der Waals surface area contributed by atoms with Crippen molar-refractivity contribution in [1.82, 2.24) is 5.32 Å². The van der Waals surface area contributed by atoms with Crippen LogP contribution in [-0.4, -0.2) is 6.54 Å². The molecule has 0 saturated heterocycles. The predicted octanol–water partition coefficient (Wildman–Crippen LogP) is 4.89. The molecule has 1 atom stereocenters. The lowest BCUT2D eigenvalue weighted by Gasteiger charge is -2.21. The first-order valence-electron chi connectivity index (χ1n) is 7.39. The van der Waals surface area contributed by atoms with Crippen molar-refractivity contribution in [3.05, 3.63) is 57.3 Å². The Hall–Kier alpha value is -1.12. The molecule has 0 amide bonds. The molecule has 1 aromatic heterocycles. The molecular formula is C18H25NS. The minimum atomic E-state index is 0.582. The second-order valence-electron chi connectivity index (χ2n) is 5.84. The normalized spacial score (nSPS) is 12.8. The molecule has 108 valence electrons. The third kappa shape index (κ3) is 3.94. The third-order valence-electron chi connectivity index (χ3n) is 3.91. The summed E-state index contributed by atoms with van der Waals surface area (Å²) in [6.45, 7) is 11.0. The van der Waals surface area contributed by atoms with Crippen LogP contribution in [0.15, 0.2) is 36.4 Å². The van der Waals surface area contributed by atoms with Crippen molar-refractivity contribution in [3.63, 3.8) is 0 Å². The first kappa shape index (κ1) is 15.3. The van der Waals surface area contributed by atoms with Gasteiger partial charge in [-0.15, -0.1) is 11.3 Å². The summed E-state index contributed by atoms with van der Waals surface area (Å²) >= 11 is 1.91. The maximum Gasteiger partial charge on any atom is 0.0300 e. The van der Waals surface area contributed by atoms with Crippen LogP contribution in [0.1, 0.15) is 40.6 Å². The molecule has 0 fully saturated rings. The molecule has 1 heterocycles. The molecule has 2 rings (SSSR count). The van der Waals surface area contributed by atoms with Crippen molar-refractivity contribution in [3.8, 4) is 0 Å². The zero-order valence-electron chi connectivity index (χ0n) is 12.9. The van der Waals surface area contributed by atoms with Gasteiger partial charge in [-0.05, 0) is 42.9 Å². The Morgan fingerprint density at radius 3 is 2.35 bits per heavy atom. The lowest BCUT2D eigenvalue weighted by molar-refractivity contribution is 0.462. The highest BCUT2D eigenvalue weighted by molar-refractivity contribution is 7.12. The van der Waals surface area contributed by atoms with Gasteiger partial charge in [-0.1, -0.05) is 44.2 Å². The Balaban J connectivity index is 1.93. The minimum Gasteiger partial charge on any atom is -0.311 e. The fraction of sp³-hybridized carbons (Fsp3) is 0.444. The van der Waals surface area contributed by atoms with Crippen molar-refractivity contribution >= 4 is 11.3 Å². The summed E-state index contributed by atoms with van der Waals surface area (Å²) in [5.74, 6) is 1.23. The number of rotatable bonds is 6. The van der Waals surface area contributed by atoms with Gasteiger partial charge in [0.15, 0.2) is 0 Å². The largest absolute Gasteiger partial charge is 0.311 e. The Kier molecular flexibility index (Phi) is 5.38. The molecular weight excluding hydrogens is 262 g/mol. The smallest absolute Gasteiger partial charge is 0.0300 e. The molecule has 0 radical (unpaired) electrons. The van der Waals surface area contributed by atoms with Crippen molar-refractivity contribution in [2.24, 2.45) is 5.92 Å². The molecule has 0 aliphatic rings. The van der Waals surface area contributed by atoms with Crippen LogP contribution >= 0.6 is 11.3 Å². The van der Waals surface area contributed by atoms with Gasteiger partial charge in [-0.3, -0.25) is 0 Å². The van der Waals surface area contributed by atoms with Crippen LogP contribution in [-0.2, 0) is 6.54 Å². The summed E-state index contributed by atoms with van der Waals surface area (Å²) in [6, 6.07) is 13.1. The quantitative estimate of drug-likeness (QED) is 0.797. The Bertz CT molecular complexity index is 508. The van der Waals surface area contributed by atoms with Gasteiger partial charge in [0, 0.05) is 22.8 Å². The predicted molar refractivity (Wildman–Crippen MR) is 89.5 cm³/mol. The lowest BCUT2D eigenvalue weighted by atomic mass is 9.88. The minimum absolute atomic E-state index is 0.582. The maximum absolute atomic E-state index is 3.63. The molecule has 0 saturated carbocycles. The molecule has 1 N–H and O–H groups in total. The molecule has 0 bridgehead atoms. The van der Waals surface area contributed by atoms with Gasteiger partial charge < -0.3 is 5.32 Å². The SMILES string of the molecule is Cc1cc(CNCC(c2ccccc2)C(C)C)sc1C. The fourth-order valence-corrected chi connectivity index (χ4v) is 3.55. The Morgan fingerprint density at radius 1 is 1.10 bits per heavy atom. The highest BCUT2D eigenvalue weighted by Crippen LogP contribution is 2.24. The van der Waals surface area contributed by atoms with Crippen LogP contribution in [0.3, 0.4) is 0 Å². The van der Waals surface area contributed by atoms with E-state index in [1.165, 1.54) is 20.9 Å². The summed E-state index contributed by atoms with van der Waals surface area (Å²) in [5, 5.41) is 3.63. The second kappa shape index (κ2) is 7.05. The Morgan fingerprint density at radius 2 is 1.80 bits per heavy atom. The second-order valence-corrected chi connectivity index (χ2v) is 7.18. The van der Waals surface area contributed by atoms with Gasteiger partial charge in [0.05, 0.1) is 0 Å². The molecule has 1 unspecified atom stereocenters. The molecule has 0 aliphatic carbocycles. The molecule has 0 aliphatic heterocycles. The van der Waals surface area contributed by atoms with E-state index in [0.717, 1.165) is 13.1 Å². The van der Waals surface area contributed by atoms with Crippen LogP contribution in [0.2, 0.25) is 0 Å². The monoisotopic (exact) mass is 287 g/mol. The summed E-state index contributed by atoms with van der Waals surface area (Å²) in [6.07, 6.45) is 0. The summed E-state index contributed by atoms with van der Waals surface area (Å²) < 4.78 is 0. The van der Waals surface area contributed by atoms with Gasteiger partial charge in [0.1, 0.15) is 0 Å². The Labute approximate surface area is 127 Å². The van der Waals surface area contributed by atoms with Gasteiger partial charge in [-0.25, -0.2) is 0 Å². The molecule has 2 heteroatoms. The summed E-state index contributed by atoms with van der Waals surface area (Å²) in [7, 11) is 0. The first-order chi connectivity index (χ1) is 9.58. The van der Waals surface area contributed by atoms with E-state index in [-0.39, 0.29) is 0 Å².